The molecule has 2 N–H and O–H groups in total. The van der Waals surface area contributed by atoms with Crippen LogP contribution in [0.3, 0.4) is 0 Å². The van der Waals surface area contributed by atoms with Gasteiger partial charge >= 0.3 is 0 Å². The third-order valence-corrected chi connectivity index (χ3v) is 4.02. The molecule has 0 unspecified atom stereocenters. The lowest BCUT2D eigenvalue weighted by Gasteiger charge is -2.11. The van der Waals surface area contributed by atoms with Crippen LogP contribution in [-0.2, 0) is 6.54 Å². The molecule has 0 saturated heterocycles. The van der Waals surface area contributed by atoms with E-state index < -0.39 is 0 Å². The van der Waals surface area contributed by atoms with E-state index in [0.29, 0.717) is 0 Å². The summed E-state index contributed by atoms with van der Waals surface area (Å²) in [6.07, 6.45) is 0. The number of hydrogen-bond acceptors (Lipinski definition) is 2. The molecule has 0 bridgehead atoms. The van der Waals surface area contributed by atoms with E-state index in [4.69, 9.17) is 0 Å². The Bertz CT molecular complexity index is 585. The first kappa shape index (κ1) is 16.4. The van der Waals surface area contributed by atoms with E-state index in [2.05, 4.69) is 27.8 Å². The molecule has 0 amide bonds. The summed E-state index contributed by atoms with van der Waals surface area (Å²) in [7, 11) is 1.76. The molecule has 0 atom stereocenters. The maximum atomic E-state index is 12.8. The van der Waals surface area contributed by atoms with Gasteiger partial charge in [0.15, 0.2) is 5.96 Å². The second kappa shape index (κ2) is 9.10. The highest BCUT2D eigenvalue weighted by molar-refractivity contribution is 7.99. The molecule has 0 radical (unpaired) electrons. The number of guanidine groups is 1. The van der Waals surface area contributed by atoms with Crippen molar-refractivity contribution in [3.8, 4) is 0 Å². The molecule has 0 aliphatic heterocycles. The fraction of sp³-hybridized carbons (Fsp3) is 0.235. The highest BCUT2D eigenvalue weighted by atomic mass is 32.2. The van der Waals surface area contributed by atoms with Gasteiger partial charge in [0, 0.05) is 30.8 Å². The van der Waals surface area contributed by atoms with Gasteiger partial charge in [-0.2, -0.15) is 0 Å². The topological polar surface area (TPSA) is 36.4 Å². The number of aliphatic imine (C=N–C) groups is 1. The Kier molecular flexibility index (Phi) is 6.77. The van der Waals surface area contributed by atoms with Crippen LogP contribution >= 0.6 is 11.8 Å². The number of halogens is 1. The van der Waals surface area contributed by atoms with Gasteiger partial charge in [0.1, 0.15) is 5.82 Å². The molecule has 2 aromatic carbocycles. The van der Waals surface area contributed by atoms with Crippen molar-refractivity contribution < 1.29 is 4.39 Å². The zero-order valence-corrected chi connectivity index (χ0v) is 13.4. The van der Waals surface area contributed by atoms with E-state index in [-0.39, 0.29) is 5.82 Å². The van der Waals surface area contributed by atoms with E-state index in [9.17, 15) is 4.39 Å². The van der Waals surface area contributed by atoms with Gasteiger partial charge in [0.05, 0.1) is 0 Å². The molecule has 0 aliphatic carbocycles. The fourth-order valence-corrected chi connectivity index (χ4v) is 2.64. The van der Waals surface area contributed by atoms with Gasteiger partial charge in [0.25, 0.3) is 0 Å². The van der Waals surface area contributed by atoms with Crippen molar-refractivity contribution >= 4 is 17.7 Å². The quantitative estimate of drug-likeness (QED) is 0.371. The first-order chi connectivity index (χ1) is 10.8. The monoisotopic (exact) mass is 317 g/mol. The van der Waals surface area contributed by atoms with Crippen molar-refractivity contribution in [1.29, 1.82) is 0 Å². The highest BCUT2D eigenvalue weighted by Gasteiger charge is 1.99. The molecule has 0 fully saturated rings. The summed E-state index contributed by atoms with van der Waals surface area (Å²) in [5.41, 5.74) is 1.21. The molecular formula is C17H20FN3S. The summed E-state index contributed by atoms with van der Waals surface area (Å²) in [6.45, 7) is 1.53. The van der Waals surface area contributed by atoms with Crippen molar-refractivity contribution in [1.82, 2.24) is 10.6 Å². The standard InChI is InChI=1S/C17H20FN3S/c1-19-17(21-13-14-5-3-2-4-6-14)20-11-12-22-16-9-7-15(18)8-10-16/h2-10H,11-13H2,1H3,(H2,19,20,21). The predicted molar refractivity (Wildman–Crippen MR) is 91.8 cm³/mol. The van der Waals surface area contributed by atoms with Gasteiger partial charge in [-0.3, -0.25) is 4.99 Å². The summed E-state index contributed by atoms with van der Waals surface area (Å²) < 4.78 is 12.8. The number of hydrogen-bond donors (Lipinski definition) is 2. The Morgan fingerprint density at radius 2 is 1.77 bits per heavy atom. The molecule has 116 valence electrons. The van der Waals surface area contributed by atoms with Gasteiger partial charge in [-0.1, -0.05) is 30.3 Å². The SMILES string of the molecule is CN=C(NCCSc1ccc(F)cc1)NCc1ccccc1. The van der Waals surface area contributed by atoms with Crippen LogP contribution < -0.4 is 10.6 Å². The molecule has 2 aromatic rings. The normalized spacial score (nSPS) is 11.3. The average Bonchev–Trinajstić information content (AvgIpc) is 2.57. The minimum atomic E-state index is -0.201. The van der Waals surface area contributed by atoms with Crippen molar-refractivity contribution in [2.24, 2.45) is 4.99 Å². The van der Waals surface area contributed by atoms with Crippen LogP contribution in [0.1, 0.15) is 5.56 Å². The van der Waals surface area contributed by atoms with Gasteiger partial charge in [-0.15, -0.1) is 11.8 Å². The maximum Gasteiger partial charge on any atom is 0.191 e. The average molecular weight is 317 g/mol. The highest BCUT2D eigenvalue weighted by Crippen LogP contribution is 2.17. The van der Waals surface area contributed by atoms with Crippen LogP contribution in [0.4, 0.5) is 4.39 Å². The fourth-order valence-electron chi connectivity index (χ4n) is 1.87. The van der Waals surface area contributed by atoms with E-state index >= 15 is 0 Å². The molecule has 22 heavy (non-hydrogen) atoms. The molecule has 2 rings (SSSR count). The van der Waals surface area contributed by atoms with Crippen molar-refractivity contribution in [2.45, 2.75) is 11.4 Å². The zero-order valence-electron chi connectivity index (χ0n) is 12.6. The Labute approximate surface area is 135 Å². The summed E-state index contributed by atoms with van der Waals surface area (Å²) in [6, 6.07) is 16.7. The molecule has 0 saturated carbocycles. The summed E-state index contributed by atoms with van der Waals surface area (Å²) in [5, 5.41) is 6.54. The molecule has 0 spiro atoms. The van der Waals surface area contributed by atoms with Crippen LogP contribution in [0.15, 0.2) is 64.5 Å². The lowest BCUT2D eigenvalue weighted by molar-refractivity contribution is 0.626. The Hall–Kier alpha value is -2.01. The number of benzene rings is 2. The second-order valence-corrected chi connectivity index (χ2v) is 5.81. The minimum Gasteiger partial charge on any atom is -0.356 e. The van der Waals surface area contributed by atoms with Crippen LogP contribution in [0.25, 0.3) is 0 Å². The molecule has 0 heterocycles. The Morgan fingerprint density at radius 3 is 2.45 bits per heavy atom. The molecule has 3 nitrogen and oxygen atoms in total. The molecule has 0 aliphatic rings. The number of nitrogens with one attached hydrogen (secondary N) is 2. The largest absolute Gasteiger partial charge is 0.356 e. The third kappa shape index (κ3) is 5.77. The third-order valence-electron chi connectivity index (χ3n) is 3.00. The van der Waals surface area contributed by atoms with E-state index in [1.807, 2.05) is 18.2 Å². The minimum absolute atomic E-state index is 0.201. The molecular weight excluding hydrogens is 297 g/mol. The van der Waals surface area contributed by atoms with E-state index in [1.165, 1.54) is 17.7 Å². The van der Waals surface area contributed by atoms with E-state index in [0.717, 1.165) is 29.7 Å². The van der Waals surface area contributed by atoms with Crippen molar-refractivity contribution in [2.75, 3.05) is 19.3 Å². The van der Waals surface area contributed by atoms with E-state index in [1.54, 1.807) is 30.9 Å². The maximum absolute atomic E-state index is 12.8. The Balaban J connectivity index is 1.67. The smallest absolute Gasteiger partial charge is 0.191 e. The summed E-state index contributed by atoms with van der Waals surface area (Å²) >= 11 is 1.68. The predicted octanol–water partition coefficient (Wildman–Crippen LogP) is 3.28. The Morgan fingerprint density at radius 1 is 1.05 bits per heavy atom. The van der Waals surface area contributed by atoms with Crippen LogP contribution in [-0.4, -0.2) is 25.3 Å². The van der Waals surface area contributed by atoms with Crippen LogP contribution in [0.5, 0.6) is 0 Å². The summed E-state index contributed by atoms with van der Waals surface area (Å²) in [5.74, 6) is 1.47. The molecule has 0 aromatic heterocycles. The lowest BCUT2D eigenvalue weighted by atomic mass is 10.2. The first-order valence-corrected chi connectivity index (χ1v) is 8.13. The van der Waals surface area contributed by atoms with Gasteiger partial charge < -0.3 is 10.6 Å². The van der Waals surface area contributed by atoms with Crippen LogP contribution in [0.2, 0.25) is 0 Å². The summed E-state index contributed by atoms with van der Waals surface area (Å²) in [4.78, 5) is 5.26. The van der Waals surface area contributed by atoms with Crippen molar-refractivity contribution in [3.63, 3.8) is 0 Å². The second-order valence-electron chi connectivity index (χ2n) is 4.64. The van der Waals surface area contributed by atoms with Gasteiger partial charge in [-0.05, 0) is 29.8 Å². The van der Waals surface area contributed by atoms with Gasteiger partial charge in [-0.25, -0.2) is 4.39 Å². The lowest BCUT2D eigenvalue weighted by Crippen LogP contribution is -2.37. The zero-order chi connectivity index (χ0) is 15.6. The van der Waals surface area contributed by atoms with Crippen molar-refractivity contribution in [3.05, 3.63) is 66.0 Å². The van der Waals surface area contributed by atoms with Gasteiger partial charge in [0.2, 0.25) is 0 Å². The molecule has 5 heteroatoms. The van der Waals surface area contributed by atoms with Crippen LogP contribution in [0, 0.1) is 5.82 Å². The number of rotatable bonds is 6. The number of thioether (sulfide) groups is 1. The number of nitrogens with zero attached hydrogens (tertiary/aromatic N) is 1. The first-order valence-electron chi connectivity index (χ1n) is 7.15.